The van der Waals surface area contributed by atoms with E-state index in [-0.39, 0.29) is 6.54 Å². The number of nitrogens with two attached hydrogens (primary N) is 1. The highest BCUT2D eigenvalue weighted by atomic mass is 16.4. The van der Waals surface area contributed by atoms with Crippen LogP contribution in [0.1, 0.15) is 26.2 Å². The largest absolute Gasteiger partial charge is 0.481 e. The summed E-state index contributed by atoms with van der Waals surface area (Å²) in [7, 11) is 1.44. The fourth-order valence-electron chi connectivity index (χ4n) is 2.22. The van der Waals surface area contributed by atoms with Gasteiger partial charge in [0.2, 0.25) is 5.91 Å². The average molecular weight is 257 g/mol. The Morgan fingerprint density at radius 2 is 2.11 bits per heavy atom. The molecule has 1 aliphatic rings. The molecule has 18 heavy (non-hydrogen) atoms. The van der Waals surface area contributed by atoms with Gasteiger partial charge < -0.3 is 21.1 Å². The summed E-state index contributed by atoms with van der Waals surface area (Å²) in [6, 6.07) is -0.897. The van der Waals surface area contributed by atoms with Crippen LogP contribution < -0.4 is 11.1 Å². The lowest BCUT2D eigenvalue weighted by Crippen LogP contribution is -2.51. The number of hydrogen-bond donors (Lipinski definition) is 3. The quantitative estimate of drug-likeness (QED) is 0.644. The highest BCUT2D eigenvalue weighted by Crippen LogP contribution is 2.38. The molecule has 7 heteroatoms. The van der Waals surface area contributed by atoms with E-state index in [1.54, 1.807) is 6.92 Å². The number of hydrogen-bond acceptors (Lipinski definition) is 3. The number of rotatable bonds is 4. The summed E-state index contributed by atoms with van der Waals surface area (Å²) >= 11 is 0. The number of carboxylic acid groups (broad SMARTS) is 1. The zero-order valence-corrected chi connectivity index (χ0v) is 10.6. The Morgan fingerprint density at radius 1 is 1.50 bits per heavy atom. The molecule has 102 valence electrons. The standard InChI is InChI=1S/C11H19N3O4/c1-11(9(16)17)5-3-4-7(11)13-10(18)14(2)6-8(12)15/h7H,3-6H2,1-2H3,(H2,12,15)(H,13,18)(H,16,17). The first kappa shape index (κ1) is 14.3. The third-order valence-corrected chi connectivity index (χ3v) is 3.48. The van der Waals surface area contributed by atoms with Gasteiger partial charge in [0, 0.05) is 13.1 Å². The first-order valence-electron chi connectivity index (χ1n) is 5.80. The van der Waals surface area contributed by atoms with Crippen molar-refractivity contribution in [3.63, 3.8) is 0 Å². The van der Waals surface area contributed by atoms with Crippen LogP contribution in [0.25, 0.3) is 0 Å². The molecule has 0 saturated heterocycles. The minimum atomic E-state index is -0.941. The summed E-state index contributed by atoms with van der Waals surface area (Å²) < 4.78 is 0. The minimum Gasteiger partial charge on any atom is -0.481 e. The summed E-state index contributed by atoms with van der Waals surface area (Å²) in [4.78, 5) is 34.8. The Morgan fingerprint density at radius 3 is 2.61 bits per heavy atom. The van der Waals surface area contributed by atoms with Crippen molar-refractivity contribution in [3.05, 3.63) is 0 Å². The molecule has 1 fully saturated rings. The van der Waals surface area contributed by atoms with Crippen molar-refractivity contribution in [2.75, 3.05) is 13.6 Å². The third-order valence-electron chi connectivity index (χ3n) is 3.48. The summed E-state index contributed by atoms with van der Waals surface area (Å²) in [5, 5.41) is 11.9. The highest BCUT2D eigenvalue weighted by Gasteiger charge is 2.46. The van der Waals surface area contributed by atoms with Gasteiger partial charge in [-0.2, -0.15) is 0 Å². The molecule has 1 rings (SSSR count). The molecule has 3 amide bonds. The van der Waals surface area contributed by atoms with E-state index >= 15 is 0 Å². The molecule has 0 aromatic carbocycles. The fraction of sp³-hybridized carbons (Fsp3) is 0.727. The van der Waals surface area contributed by atoms with Gasteiger partial charge in [-0.15, -0.1) is 0 Å². The van der Waals surface area contributed by atoms with Crippen LogP contribution >= 0.6 is 0 Å². The SMILES string of the molecule is CN(CC(N)=O)C(=O)NC1CCCC1(C)C(=O)O. The van der Waals surface area contributed by atoms with Crippen LogP contribution in [0.2, 0.25) is 0 Å². The molecule has 0 spiro atoms. The van der Waals surface area contributed by atoms with Gasteiger partial charge >= 0.3 is 12.0 Å². The predicted molar refractivity (Wildman–Crippen MR) is 63.7 cm³/mol. The molecule has 0 aliphatic heterocycles. The second-order valence-corrected chi connectivity index (χ2v) is 4.94. The van der Waals surface area contributed by atoms with Gasteiger partial charge in [-0.05, 0) is 19.8 Å². The molecule has 0 aromatic rings. The van der Waals surface area contributed by atoms with Crippen molar-refractivity contribution >= 4 is 17.9 Å². The maximum atomic E-state index is 11.8. The van der Waals surface area contributed by atoms with Crippen molar-refractivity contribution in [2.24, 2.45) is 11.1 Å². The van der Waals surface area contributed by atoms with Crippen LogP contribution in [-0.2, 0) is 9.59 Å². The van der Waals surface area contributed by atoms with Crippen molar-refractivity contribution in [2.45, 2.75) is 32.2 Å². The molecule has 0 heterocycles. The summed E-state index contributed by atoms with van der Waals surface area (Å²) in [5.74, 6) is -1.53. The molecule has 0 aromatic heterocycles. The first-order chi connectivity index (χ1) is 8.27. The zero-order valence-electron chi connectivity index (χ0n) is 10.6. The van der Waals surface area contributed by atoms with Gasteiger partial charge in [-0.3, -0.25) is 9.59 Å². The highest BCUT2D eigenvalue weighted by molar-refractivity contribution is 5.83. The van der Waals surface area contributed by atoms with Crippen LogP contribution in [-0.4, -0.2) is 47.5 Å². The monoisotopic (exact) mass is 257 g/mol. The normalized spacial score (nSPS) is 26.7. The lowest BCUT2D eigenvalue weighted by atomic mass is 9.85. The Bertz CT molecular complexity index is 371. The van der Waals surface area contributed by atoms with Gasteiger partial charge in [-0.1, -0.05) is 6.42 Å². The van der Waals surface area contributed by atoms with Crippen LogP contribution in [0.4, 0.5) is 4.79 Å². The zero-order chi connectivity index (χ0) is 13.9. The molecule has 0 radical (unpaired) electrons. The van der Waals surface area contributed by atoms with E-state index < -0.39 is 29.4 Å². The molecule has 4 N–H and O–H groups in total. The molecule has 7 nitrogen and oxygen atoms in total. The fourth-order valence-corrected chi connectivity index (χ4v) is 2.22. The smallest absolute Gasteiger partial charge is 0.317 e. The summed E-state index contributed by atoms with van der Waals surface area (Å²) in [6.45, 7) is 1.43. The van der Waals surface area contributed by atoms with Gasteiger partial charge in [0.1, 0.15) is 6.54 Å². The maximum Gasteiger partial charge on any atom is 0.317 e. The van der Waals surface area contributed by atoms with Crippen molar-refractivity contribution in [1.82, 2.24) is 10.2 Å². The second kappa shape index (κ2) is 5.24. The van der Waals surface area contributed by atoms with Crippen molar-refractivity contribution < 1.29 is 19.5 Å². The number of likely N-dealkylation sites (N-methyl/N-ethyl adjacent to an activating group) is 1. The molecule has 2 unspecified atom stereocenters. The van der Waals surface area contributed by atoms with Gasteiger partial charge in [0.25, 0.3) is 0 Å². The molecule has 2 atom stereocenters. The number of primary amides is 1. The number of amides is 3. The molecule has 0 bridgehead atoms. The number of carbonyl (C=O) groups excluding carboxylic acids is 2. The Hall–Kier alpha value is -1.79. The molecule has 1 saturated carbocycles. The van der Waals surface area contributed by atoms with E-state index in [4.69, 9.17) is 5.73 Å². The maximum absolute atomic E-state index is 11.8. The van der Waals surface area contributed by atoms with Crippen LogP contribution in [0, 0.1) is 5.41 Å². The third kappa shape index (κ3) is 2.91. The number of carbonyl (C=O) groups is 3. The minimum absolute atomic E-state index is 0.192. The topological polar surface area (TPSA) is 113 Å². The van der Waals surface area contributed by atoms with E-state index in [1.165, 1.54) is 7.05 Å². The van der Waals surface area contributed by atoms with E-state index in [0.29, 0.717) is 12.8 Å². The average Bonchev–Trinajstić information content (AvgIpc) is 2.60. The van der Waals surface area contributed by atoms with Gasteiger partial charge in [0.15, 0.2) is 0 Å². The number of aliphatic carboxylic acids is 1. The van der Waals surface area contributed by atoms with Crippen LogP contribution in [0.15, 0.2) is 0 Å². The van der Waals surface area contributed by atoms with Crippen molar-refractivity contribution in [1.29, 1.82) is 0 Å². The van der Waals surface area contributed by atoms with Gasteiger partial charge in [0.05, 0.1) is 5.41 Å². The van der Waals surface area contributed by atoms with Crippen LogP contribution in [0.3, 0.4) is 0 Å². The Kier molecular flexibility index (Phi) is 4.15. The van der Waals surface area contributed by atoms with Crippen molar-refractivity contribution in [3.8, 4) is 0 Å². The molecule has 1 aliphatic carbocycles. The second-order valence-electron chi connectivity index (χ2n) is 4.94. The Labute approximate surface area is 105 Å². The summed E-state index contributed by atoms with van der Waals surface area (Å²) in [6.07, 6.45) is 1.92. The first-order valence-corrected chi connectivity index (χ1v) is 5.80. The molecular weight excluding hydrogens is 238 g/mol. The van der Waals surface area contributed by atoms with E-state index in [1.807, 2.05) is 0 Å². The number of nitrogens with one attached hydrogen (secondary N) is 1. The number of nitrogens with zero attached hydrogens (tertiary/aromatic N) is 1. The molecular formula is C11H19N3O4. The van der Waals surface area contributed by atoms with Gasteiger partial charge in [-0.25, -0.2) is 4.79 Å². The lowest BCUT2D eigenvalue weighted by Gasteiger charge is -2.29. The van der Waals surface area contributed by atoms with E-state index in [2.05, 4.69) is 5.32 Å². The van der Waals surface area contributed by atoms with E-state index in [0.717, 1.165) is 11.3 Å². The predicted octanol–water partition coefficient (Wildman–Crippen LogP) is -0.243. The van der Waals surface area contributed by atoms with E-state index in [9.17, 15) is 19.5 Å². The Balaban J connectivity index is 2.64. The van der Waals surface area contributed by atoms with Crippen LogP contribution in [0.5, 0.6) is 0 Å². The number of urea groups is 1. The summed E-state index contributed by atoms with van der Waals surface area (Å²) in [5.41, 5.74) is 4.04. The number of carboxylic acids is 1. The lowest BCUT2D eigenvalue weighted by molar-refractivity contribution is -0.148.